The Morgan fingerprint density at radius 3 is 2.67 bits per heavy atom. The summed E-state index contributed by atoms with van der Waals surface area (Å²) in [5.41, 5.74) is 1.44. The molecule has 0 unspecified atom stereocenters. The first-order valence-electron chi connectivity index (χ1n) is 6.20. The number of ketones is 1. The van der Waals surface area contributed by atoms with E-state index < -0.39 is 5.97 Å². The average Bonchev–Trinajstić information content (AvgIpc) is 2.95. The average molecular weight is 352 g/mol. The highest BCUT2D eigenvalue weighted by molar-refractivity contribution is 9.10. The smallest absolute Gasteiger partial charge is 0.355 e. The molecule has 0 saturated carbocycles. The fourth-order valence-electron chi connectivity index (χ4n) is 1.80. The van der Waals surface area contributed by atoms with Gasteiger partial charge in [-0.25, -0.2) is 4.79 Å². The molecule has 0 radical (unpaired) electrons. The van der Waals surface area contributed by atoms with Gasteiger partial charge in [-0.1, -0.05) is 15.9 Å². The molecule has 6 heteroatoms. The second-order valence-corrected chi connectivity index (χ2v) is 5.31. The molecule has 0 aliphatic rings. The van der Waals surface area contributed by atoms with Gasteiger partial charge in [0.15, 0.2) is 5.78 Å². The van der Waals surface area contributed by atoms with Gasteiger partial charge in [0.2, 0.25) is 0 Å². The van der Waals surface area contributed by atoms with Crippen molar-refractivity contribution in [3.63, 3.8) is 0 Å². The van der Waals surface area contributed by atoms with Crippen molar-refractivity contribution in [2.75, 3.05) is 7.11 Å². The third-order valence-electron chi connectivity index (χ3n) is 2.91. The summed E-state index contributed by atoms with van der Waals surface area (Å²) in [6.07, 6.45) is 1.48. The second kappa shape index (κ2) is 6.58. The molecule has 0 aliphatic carbocycles. The Labute approximate surface area is 130 Å². The largest absolute Gasteiger partial charge is 0.496 e. The molecule has 2 rings (SSSR count). The van der Waals surface area contributed by atoms with E-state index in [1.165, 1.54) is 19.2 Å². The summed E-state index contributed by atoms with van der Waals surface area (Å²) in [7, 11) is 1.55. The van der Waals surface area contributed by atoms with Crippen LogP contribution in [0.1, 0.15) is 33.3 Å². The van der Waals surface area contributed by atoms with Crippen LogP contribution in [0.3, 0.4) is 0 Å². The van der Waals surface area contributed by atoms with Gasteiger partial charge in [0.1, 0.15) is 18.1 Å². The fraction of sp³-hybridized carbons (Fsp3) is 0.200. The van der Waals surface area contributed by atoms with Crippen LogP contribution in [0, 0.1) is 0 Å². The van der Waals surface area contributed by atoms with Gasteiger partial charge in [0.05, 0.1) is 7.11 Å². The van der Waals surface area contributed by atoms with Crippen LogP contribution in [0.15, 0.2) is 34.9 Å². The molecule has 0 aliphatic heterocycles. The first-order chi connectivity index (χ1) is 10.0. The summed E-state index contributed by atoms with van der Waals surface area (Å²) in [6, 6.07) is 6.93. The third-order valence-corrected chi connectivity index (χ3v) is 3.40. The van der Waals surface area contributed by atoms with Crippen molar-refractivity contribution in [1.29, 1.82) is 0 Å². The van der Waals surface area contributed by atoms with Crippen LogP contribution in [0.25, 0.3) is 0 Å². The quantitative estimate of drug-likeness (QED) is 0.662. The number of nitrogens with one attached hydrogen (secondary N) is 1. The van der Waals surface area contributed by atoms with Gasteiger partial charge in [-0.3, -0.25) is 4.79 Å². The number of rotatable bonds is 5. The zero-order valence-electron chi connectivity index (χ0n) is 11.6. The molecule has 0 amide bonds. The lowest BCUT2D eigenvalue weighted by atomic mass is 10.2. The highest BCUT2D eigenvalue weighted by Crippen LogP contribution is 2.24. The van der Waals surface area contributed by atoms with Crippen LogP contribution in [-0.4, -0.2) is 23.8 Å². The maximum Gasteiger partial charge on any atom is 0.355 e. The number of carbonyl (C=O) groups excluding carboxylic acids is 2. The fourth-order valence-corrected chi connectivity index (χ4v) is 2.20. The van der Waals surface area contributed by atoms with Crippen LogP contribution in [-0.2, 0) is 11.3 Å². The number of ether oxygens (including phenoxy) is 2. The number of hydrogen-bond donors (Lipinski definition) is 1. The first kappa shape index (κ1) is 15.3. The molecule has 0 saturated heterocycles. The predicted octanol–water partition coefficient (Wildman–Crippen LogP) is 3.35. The van der Waals surface area contributed by atoms with Gasteiger partial charge in [-0.05, 0) is 31.2 Å². The summed E-state index contributed by atoms with van der Waals surface area (Å²) >= 11 is 3.36. The molecule has 0 fully saturated rings. The number of benzene rings is 1. The van der Waals surface area contributed by atoms with E-state index in [0.29, 0.717) is 11.3 Å². The molecule has 0 bridgehead atoms. The van der Waals surface area contributed by atoms with Crippen molar-refractivity contribution in [2.24, 2.45) is 0 Å². The molecule has 2 aromatic rings. The van der Waals surface area contributed by atoms with E-state index in [1.807, 2.05) is 12.1 Å². The number of aromatic amines is 1. The number of hydrogen-bond acceptors (Lipinski definition) is 4. The van der Waals surface area contributed by atoms with Crippen LogP contribution >= 0.6 is 15.9 Å². The third kappa shape index (κ3) is 3.72. The van der Waals surface area contributed by atoms with E-state index in [0.717, 1.165) is 10.0 Å². The van der Waals surface area contributed by atoms with Crippen LogP contribution in [0.2, 0.25) is 0 Å². The van der Waals surface area contributed by atoms with Crippen molar-refractivity contribution in [3.05, 3.63) is 51.8 Å². The zero-order chi connectivity index (χ0) is 15.4. The topological polar surface area (TPSA) is 68.4 Å². The number of carbonyl (C=O) groups is 2. The molecular weight excluding hydrogens is 338 g/mol. The molecule has 1 aromatic carbocycles. The Morgan fingerprint density at radius 1 is 1.29 bits per heavy atom. The summed E-state index contributed by atoms with van der Waals surface area (Å²) in [4.78, 5) is 25.8. The maximum atomic E-state index is 11.9. The van der Waals surface area contributed by atoms with Gasteiger partial charge >= 0.3 is 5.97 Å². The number of methoxy groups -OCH3 is 1. The lowest BCUT2D eigenvalue weighted by molar-refractivity contribution is 0.0464. The zero-order valence-corrected chi connectivity index (χ0v) is 13.2. The molecule has 110 valence electrons. The number of H-pyrrole nitrogens is 1. The molecule has 5 nitrogen and oxygen atoms in total. The summed E-state index contributed by atoms with van der Waals surface area (Å²) < 4.78 is 11.3. The number of Topliss-reactive ketones (excluding diaryl/α,β-unsaturated/α-hetero) is 1. The standard InChI is InChI=1S/C15H14BrNO4/c1-9(18)10-6-13(17-7-10)15(19)21-8-11-5-12(16)3-4-14(11)20-2/h3-7,17H,8H2,1-2H3. The van der Waals surface area contributed by atoms with Crippen LogP contribution in [0.4, 0.5) is 0 Å². The second-order valence-electron chi connectivity index (χ2n) is 4.39. The molecule has 1 heterocycles. The highest BCUT2D eigenvalue weighted by Gasteiger charge is 2.13. The number of aromatic nitrogens is 1. The van der Waals surface area contributed by atoms with Crippen molar-refractivity contribution in [2.45, 2.75) is 13.5 Å². The minimum absolute atomic E-state index is 0.0792. The Hall–Kier alpha value is -2.08. The molecule has 21 heavy (non-hydrogen) atoms. The van der Waals surface area contributed by atoms with E-state index in [9.17, 15) is 9.59 Å². The van der Waals surface area contributed by atoms with E-state index in [1.54, 1.807) is 13.2 Å². The monoisotopic (exact) mass is 351 g/mol. The van der Waals surface area contributed by atoms with Gasteiger partial charge in [-0.15, -0.1) is 0 Å². The Balaban J connectivity index is 2.07. The molecule has 1 N–H and O–H groups in total. The van der Waals surface area contributed by atoms with Gasteiger partial charge < -0.3 is 14.5 Å². The van der Waals surface area contributed by atoms with Crippen molar-refractivity contribution >= 4 is 27.7 Å². The summed E-state index contributed by atoms with van der Waals surface area (Å²) in [5, 5.41) is 0. The van der Waals surface area contributed by atoms with E-state index in [2.05, 4.69) is 20.9 Å². The molecule has 1 aromatic heterocycles. The lowest BCUT2D eigenvalue weighted by Crippen LogP contribution is -2.06. The van der Waals surface area contributed by atoms with Gasteiger partial charge in [-0.2, -0.15) is 0 Å². The van der Waals surface area contributed by atoms with E-state index >= 15 is 0 Å². The Bertz CT molecular complexity index is 678. The number of esters is 1. The van der Waals surface area contributed by atoms with E-state index in [-0.39, 0.29) is 18.1 Å². The minimum Gasteiger partial charge on any atom is -0.496 e. The first-order valence-corrected chi connectivity index (χ1v) is 6.99. The minimum atomic E-state index is -0.524. The SMILES string of the molecule is COc1ccc(Br)cc1COC(=O)c1cc(C(C)=O)c[nH]1. The molecule has 0 atom stereocenters. The van der Waals surface area contributed by atoms with Crippen LogP contribution < -0.4 is 4.74 Å². The lowest BCUT2D eigenvalue weighted by Gasteiger charge is -2.09. The van der Waals surface area contributed by atoms with E-state index in [4.69, 9.17) is 9.47 Å². The van der Waals surface area contributed by atoms with Crippen molar-refractivity contribution in [1.82, 2.24) is 4.98 Å². The summed E-state index contributed by atoms with van der Waals surface area (Å²) in [6.45, 7) is 1.51. The predicted molar refractivity (Wildman–Crippen MR) is 80.6 cm³/mol. The summed E-state index contributed by atoms with van der Waals surface area (Å²) in [5.74, 6) is 0.00500. The Kier molecular flexibility index (Phi) is 4.80. The Morgan fingerprint density at radius 2 is 2.05 bits per heavy atom. The highest BCUT2D eigenvalue weighted by atomic mass is 79.9. The van der Waals surface area contributed by atoms with Gasteiger partial charge in [0, 0.05) is 21.8 Å². The van der Waals surface area contributed by atoms with Crippen LogP contribution in [0.5, 0.6) is 5.75 Å². The maximum absolute atomic E-state index is 11.9. The molecule has 0 spiro atoms. The van der Waals surface area contributed by atoms with Crippen molar-refractivity contribution < 1.29 is 19.1 Å². The van der Waals surface area contributed by atoms with Crippen molar-refractivity contribution in [3.8, 4) is 5.75 Å². The molecular formula is C15H14BrNO4. The number of halogens is 1. The van der Waals surface area contributed by atoms with Gasteiger partial charge in [0.25, 0.3) is 0 Å². The normalized spacial score (nSPS) is 10.2.